The fourth-order valence-electron chi connectivity index (χ4n) is 2.54. The number of carbonyl (C=O) groups excluding carboxylic acids is 1. The first-order chi connectivity index (χ1) is 10.6. The molecule has 0 unspecified atom stereocenters. The molecule has 2 amide bonds. The van der Waals surface area contributed by atoms with E-state index in [0.29, 0.717) is 13.1 Å². The minimum Gasteiger partial charge on any atom is -0.508 e. The highest BCUT2D eigenvalue weighted by Gasteiger charge is 2.21. The molecule has 0 saturated carbocycles. The van der Waals surface area contributed by atoms with Gasteiger partial charge >= 0.3 is 6.03 Å². The Morgan fingerprint density at radius 1 is 1.23 bits per heavy atom. The lowest BCUT2D eigenvalue weighted by molar-refractivity contribution is 0.208. The lowest BCUT2D eigenvalue weighted by Crippen LogP contribution is -2.50. The molecule has 0 radical (unpaired) electrons. The number of anilines is 2. The van der Waals surface area contributed by atoms with Gasteiger partial charge in [-0.2, -0.15) is 0 Å². The molecule has 5 nitrogen and oxygen atoms in total. The average Bonchev–Trinajstić information content (AvgIpc) is 2.92. The van der Waals surface area contributed by atoms with E-state index in [9.17, 15) is 9.90 Å². The zero-order chi connectivity index (χ0) is 15.5. The summed E-state index contributed by atoms with van der Waals surface area (Å²) in [5, 5.41) is 16.5. The summed E-state index contributed by atoms with van der Waals surface area (Å²) in [4.78, 5) is 16.3. The predicted octanol–water partition coefficient (Wildman–Crippen LogP) is 3.12. The van der Waals surface area contributed by atoms with Gasteiger partial charge < -0.3 is 20.2 Å². The molecule has 2 N–H and O–H groups in total. The van der Waals surface area contributed by atoms with Crippen molar-refractivity contribution in [3.8, 4) is 5.75 Å². The predicted molar refractivity (Wildman–Crippen MR) is 90.0 cm³/mol. The van der Waals surface area contributed by atoms with Crippen molar-refractivity contribution in [1.82, 2.24) is 4.90 Å². The first-order valence-electron chi connectivity index (χ1n) is 7.26. The molecule has 0 bridgehead atoms. The zero-order valence-corrected chi connectivity index (χ0v) is 13.3. The maximum Gasteiger partial charge on any atom is 0.321 e. The van der Waals surface area contributed by atoms with Crippen LogP contribution in [0.3, 0.4) is 0 Å². The second-order valence-electron chi connectivity index (χ2n) is 5.39. The lowest BCUT2D eigenvalue weighted by atomic mass is 10.2. The third-order valence-electron chi connectivity index (χ3n) is 3.86. The third kappa shape index (κ3) is 3.17. The van der Waals surface area contributed by atoms with Gasteiger partial charge in [-0.3, -0.25) is 0 Å². The maximum atomic E-state index is 12.3. The topological polar surface area (TPSA) is 55.8 Å². The summed E-state index contributed by atoms with van der Waals surface area (Å²) in [6.07, 6.45) is 0. The molecule has 6 heteroatoms. The number of aromatic hydroxyl groups is 1. The first-order valence-corrected chi connectivity index (χ1v) is 8.20. The number of nitrogens with zero attached hydrogens (tertiary/aromatic N) is 2. The molecule has 1 saturated heterocycles. The summed E-state index contributed by atoms with van der Waals surface area (Å²) in [7, 11) is 0. The highest BCUT2D eigenvalue weighted by molar-refractivity contribution is 7.08. The molecule has 1 fully saturated rings. The number of urea groups is 1. The molecule has 0 atom stereocenters. The van der Waals surface area contributed by atoms with Gasteiger partial charge in [0.1, 0.15) is 5.75 Å². The number of hydrogen-bond donors (Lipinski definition) is 2. The van der Waals surface area contributed by atoms with Crippen molar-refractivity contribution in [3.05, 3.63) is 40.6 Å². The number of phenolic OH excluding ortho intramolecular Hbond substituents is 1. The minimum absolute atomic E-state index is 0.0444. The van der Waals surface area contributed by atoms with Crippen LogP contribution in [-0.4, -0.2) is 42.2 Å². The molecule has 1 aliphatic heterocycles. The van der Waals surface area contributed by atoms with Crippen LogP contribution in [0.2, 0.25) is 0 Å². The molecule has 1 aromatic heterocycles. The van der Waals surface area contributed by atoms with Crippen molar-refractivity contribution in [2.45, 2.75) is 6.92 Å². The van der Waals surface area contributed by atoms with E-state index in [-0.39, 0.29) is 11.8 Å². The van der Waals surface area contributed by atoms with E-state index in [4.69, 9.17) is 0 Å². The van der Waals surface area contributed by atoms with E-state index in [1.54, 1.807) is 23.5 Å². The molecule has 3 rings (SSSR count). The summed E-state index contributed by atoms with van der Waals surface area (Å²) < 4.78 is 0. The number of amides is 2. The quantitative estimate of drug-likeness (QED) is 0.895. The number of rotatable bonds is 2. The van der Waals surface area contributed by atoms with Gasteiger partial charge in [-0.15, -0.1) is 11.3 Å². The fraction of sp³-hybridized carbons (Fsp3) is 0.312. The van der Waals surface area contributed by atoms with E-state index >= 15 is 0 Å². The summed E-state index contributed by atoms with van der Waals surface area (Å²) in [6, 6.07) is 7.19. The normalized spacial score (nSPS) is 15.0. The van der Waals surface area contributed by atoms with Crippen LogP contribution in [0.25, 0.3) is 0 Å². The Bertz CT molecular complexity index is 663. The van der Waals surface area contributed by atoms with Crippen molar-refractivity contribution < 1.29 is 9.90 Å². The van der Waals surface area contributed by atoms with Crippen LogP contribution >= 0.6 is 11.3 Å². The molecule has 0 spiro atoms. The molecule has 1 aromatic carbocycles. The van der Waals surface area contributed by atoms with E-state index < -0.39 is 0 Å². The number of piperazine rings is 1. The average molecular weight is 317 g/mol. The van der Waals surface area contributed by atoms with Crippen LogP contribution in [0.15, 0.2) is 35.0 Å². The Morgan fingerprint density at radius 3 is 2.64 bits per heavy atom. The number of hydrogen-bond acceptors (Lipinski definition) is 4. The SMILES string of the molecule is Cc1cscc1NC(=O)N1CCN(c2cccc(O)c2)CC1. The van der Waals surface area contributed by atoms with Gasteiger partial charge in [0.25, 0.3) is 0 Å². The molecular weight excluding hydrogens is 298 g/mol. The van der Waals surface area contributed by atoms with Crippen LogP contribution in [0.5, 0.6) is 5.75 Å². The van der Waals surface area contributed by atoms with Crippen LogP contribution < -0.4 is 10.2 Å². The summed E-state index contributed by atoms with van der Waals surface area (Å²) in [6.45, 7) is 4.86. The molecule has 0 aliphatic carbocycles. The number of nitrogens with one attached hydrogen (secondary N) is 1. The molecule has 22 heavy (non-hydrogen) atoms. The number of aryl methyl sites for hydroxylation is 1. The van der Waals surface area contributed by atoms with Gasteiger partial charge in [0.15, 0.2) is 0 Å². The van der Waals surface area contributed by atoms with Crippen LogP contribution in [0.4, 0.5) is 16.2 Å². The van der Waals surface area contributed by atoms with Gasteiger partial charge in [0.2, 0.25) is 0 Å². The zero-order valence-electron chi connectivity index (χ0n) is 12.5. The Balaban J connectivity index is 1.57. The maximum absolute atomic E-state index is 12.3. The fourth-order valence-corrected chi connectivity index (χ4v) is 3.32. The Hall–Kier alpha value is -2.21. The molecule has 1 aliphatic rings. The first kappa shape index (κ1) is 14.7. The second-order valence-corrected chi connectivity index (χ2v) is 6.14. The summed E-state index contributed by atoms with van der Waals surface area (Å²) >= 11 is 1.59. The third-order valence-corrected chi connectivity index (χ3v) is 4.72. The number of phenols is 1. The van der Waals surface area contributed by atoms with E-state index in [0.717, 1.165) is 30.0 Å². The summed E-state index contributed by atoms with van der Waals surface area (Å²) in [5.41, 5.74) is 2.98. The Labute approximate surface area is 133 Å². The largest absolute Gasteiger partial charge is 0.508 e. The highest BCUT2D eigenvalue weighted by Crippen LogP contribution is 2.22. The van der Waals surface area contributed by atoms with Crippen LogP contribution in [0.1, 0.15) is 5.56 Å². The number of thiophene rings is 1. The van der Waals surface area contributed by atoms with Gasteiger partial charge in [-0.05, 0) is 30.0 Å². The number of carbonyl (C=O) groups is 1. The van der Waals surface area contributed by atoms with Gasteiger partial charge in [-0.25, -0.2) is 4.79 Å². The molecule has 2 aromatic rings. The Morgan fingerprint density at radius 2 is 2.00 bits per heavy atom. The van der Waals surface area contributed by atoms with Gasteiger partial charge in [-0.1, -0.05) is 6.07 Å². The molecular formula is C16H19N3O2S. The van der Waals surface area contributed by atoms with Crippen molar-refractivity contribution in [2.24, 2.45) is 0 Å². The summed E-state index contributed by atoms with van der Waals surface area (Å²) in [5.74, 6) is 0.269. The number of benzene rings is 1. The van der Waals surface area contributed by atoms with Gasteiger partial charge in [0, 0.05) is 43.3 Å². The van der Waals surface area contributed by atoms with Crippen molar-refractivity contribution in [1.29, 1.82) is 0 Å². The lowest BCUT2D eigenvalue weighted by Gasteiger charge is -2.36. The highest BCUT2D eigenvalue weighted by atomic mass is 32.1. The van der Waals surface area contributed by atoms with E-state index in [1.807, 2.05) is 34.7 Å². The van der Waals surface area contributed by atoms with E-state index in [2.05, 4.69) is 10.2 Å². The van der Waals surface area contributed by atoms with Crippen LogP contribution in [0, 0.1) is 6.92 Å². The Kier molecular flexibility index (Phi) is 4.20. The van der Waals surface area contributed by atoms with Gasteiger partial charge in [0.05, 0.1) is 5.69 Å². The van der Waals surface area contributed by atoms with Crippen molar-refractivity contribution in [2.75, 3.05) is 36.4 Å². The smallest absolute Gasteiger partial charge is 0.321 e. The van der Waals surface area contributed by atoms with Crippen LogP contribution in [-0.2, 0) is 0 Å². The standard InChI is InChI=1S/C16H19N3O2S/c1-12-10-22-11-15(12)17-16(21)19-7-5-18(6-8-19)13-3-2-4-14(20)9-13/h2-4,9-11,20H,5-8H2,1H3,(H,17,21). The minimum atomic E-state index is -0.0444. The van der Waals surface area contributed by atoms with Crippen molar-refractivity contribution in [3.63, 3.8) is 0 Å². The second kappa shape index (κ2) is 6.27. The molecule has 2 heterocycles. The van der Waals surface area contributed by atoms with E-state index in [1.165, 1.54) is 0 Å². The van der Waals surface area contributed by atoms with Crippen molar-refractivity contribution >= 4 is 28.7 Å². The molecule has 116 valence electrons. The monoisotopic (exact) mass is 317 g/mol.